The molecule has 0 saturated heterocycles. The highest BCUT2D eigenvalue weighted by atomic mass is 35.5. The maximum absolute atomic E-state index is 15.5. The normalized spacial score (nSPS) is 11.8. The van der Waals surface area contributed by atoms with Gasteiger partial charge in [0.25, 0.3) is 10.0 Å². The number of benzene rings is 4. The number of rotatable bonds is 7. The molecule has 0 spiro atoms. The van der Waals surface area contributed by atoms with Crippen LogP contribution < -0.4 is 15.2 Å². The van der Waals surface area contributed by atoms with E-state index < -0.39 is 15.8 Å². The summed E-state index contributed by atoms with van der Waals surface area (Å²) in [5.74, 6) is -0.0854. The van der Waals surface area contributed by atoms with Gasteiger partial charge < -0.3 is 10.5 Å². The highest BCUT2D eigenvalue weighted by Crippen LogP contribution is 2.36. The first-order valence-electron chi connectivity index (χ1n) is 10.9. The Morgan fingerprint density at radius 1 is 0.972 bits per heavy atom. The third kappa shape index (κ3) is 5.84. The molecule has 0 aromatic heterocycles. The van der Waals surface area contributed by atoms with Gasteiger partial charge in [-0.15, -0.1) is 0 Å². The van der Waals surface area contributed by atoms with Gasteiger partial charge in [-0.25, -0.2) is 22.5 Å². The molecule has 0 radical (unpaired) electrons. The highest BCUT2D eigenvalue weighted by Gasteiger charge is 2.17. The molecule has 0 heterocycles. The first kappa shape index (κ1) is 25.2. The zero-order valence-corrected chi connectivity index (χ0v) is 20.9. The summed E-state index contributed by atoms with van der Waals surface area (Å²) < 4.78 is 47.9. The van der Waals surface area contributed by atoms with Gasteiger partial charge in [-0.3, -0.25) is 0 Å². The second-order valence-electron chi connectivity index (χ2n) is 7.86. The van der Waals surface area contributed by atoms with E-state index in [-0.39, 0.29) is 17.4 Å². The molecule has 0 atom stereocenters. The van der Waals surface area contributed by atoms with Crippen molar-refractivity contribution in [2.75, 3.05) is 7.11 Å². The molecule has 0 aliphatic carbocycles. The average Bonchev–Trinajstić information content (AvgIpc) is 2.88. The number of sulfonamides is 1. The predicted molar refractivity (Wildman–Crippen MR) is 141 cm³/mol. The Kier molecular flexibility index (Phi) is 7.57. The van der Waals surface area contributed by atoms with E-state index in [1.165, 1.54) is 18.2 Å². The van der Waals surface area contributed by atoms with Crippen LogP contribution >= 0.6 is 11.6 Å². The minimum Gasteiger partial charge on any atom is -0.497 e. The lowest BCUT2D eigenvalue weighted by Gasteiger charge is -2.14. The Hall–Kier alpha value is -3.88. The molecule has 0 saturated carbocycles. The van der Waals surface area contributed by atoms with Gasteiger partial charge in [-0.2, -0.15) is 0 Å². The first-order chi connectivity index (χ1) is 17.3. The van der Waals surface area contributed by atoms with Crippen LogP contribution in [0.15, 0.2) is 101 Å². The number of nitrogens with one attached hydrogen (secondary N) is 1. The molecule has 0 aliphatic heterocycles. The summed E-state index contributed by atoms with van der Waals surface area (Å²) in [6.45, 7) is -0.0376. The molecule has 4 rings (SSSR count). The van der Waals surface area contributed by atoms with Gasteiger partial charge in [0, 0.05) is 10.6 Å². The smallest absolute Gasteiger partial charge is 0.264 e. The van der Waals surface area contributed by atoms with Crippen molar-refractivity contribution in [1.82, 2.24) is 4.72 Å². The van der Waals surface area contributed by atoms with Gasteiger partial charge in [0.1, 0.15) is 11.6 Å². The molecular formula is C27H23ClFN3O3S. The Morgan fingerprint density at radius 2 is 1.61 bits per heavy atom. The largest absolute Gasteiger partial charge is 0.497 e. The summed E-state index contributed by atoms with van der Waals surface area (Å²) in [4.78, 5) is 4.18. The highest BCUT2D eigenvalue weighted by molar-refractivity contribution is 7.90. The van der Waals surface area contributed by atoms with Crippen LogP contribution in [0, 0.1) is 5.82 Å². The van der Waals surface area contributed by atoms with E-state index in [4.69, 9.17) is 22.1 Å². The molecule has 4 aromatic rings. The van der Waals surface area contributed by atoms with E-state index in [0.717, 1.165) is 5.56 Å². The van der Waals surface area contributed by atoms with E-state index in [0.29, 0.717) is 33.0 Å². The van der Waals surface area contributed by atoms with Crippen LogP contribution in [0.25, 0.3) is 22.3 Å². The van der Waals surface area contributed by atoms with Crippen LogP contribution in [0.5, 0.6) is 5.75 Å². The quantitative estimate of drug-likeness (QED) is 0.243. The second kappa shape index (κ2) is 10.8. The number of hydrogen-bond acceptors (Lipinski definition) is 4. The Balaban J connectivity index is 1.69. The van der Waals surface area contributed by atoms with Crippen molar-refractivity contribution in [3.05, 3.63) is 107 Å². The van der Waals surface area contributed by atoms with Crippen molar-refractivity contribution in [2.24, 2.45) is 10.7 Å². The number of nitrogens with two attached hydrogens (primary N) is 1. The molecule has 36 heavy (non-hydrogen) atoms. The maximum atomic E-state index is 15.5. The lowest BCUT2D eigenvalue weighted by Crippen LogP contribution is -2.36. The molecule has 3 N–H and O–H groups in total. The van der Waals surface area contributed by atoms with Gasteiger partial charge in [0.05, 0.1) is 18.6 Å². The monoisotopic (exact) mass is 523 g/mol. The summed E-state index contributed by atoms with van der Waals surface area (Å²) in [6.07, 6.45) is 0. The third-order valence-electron chi connectivity index (χ3n) is 5.41. The third-order valence-corrected chi connectivity index (χ3v) is 7.03. The Morgan fingerprint density at radius 3 is 2.25 bits per heavy atom. The van der Waals surface area contributed by atoms with Crippen molar-refractivity contribution in [3.8, 4) is 28.0 Å². The standard InChI is InChI=1S/C27H23ClFN3O3S/c1-35-22-13-9-19(10-14-22)24-15-18(16-25(29)26(24)20-7-11-21(28)12-8-20)17-31-27(30)32-36(33,34)23-5-3-2-4-6-23/h2-16H,17H2,1H3,(H3,30,31,32). The Labute approximate surface area is 214 Å². The first-order valence-corrected chi connectivity index (χ1v) is 12.7. The summed E-state index contributed by atoms with van der Waals surface area (Å²) in [5, 5.41) is 0.546. The van der Waals surface area contributed by atoms with E-state index in [1.54, 1.807) is 67.8 Å². The number of guanidine groups is 1. The fourth-order valence-corrected chi connectivity index (χ4v) is 4.77. The molecule has 6 nitrogen and oxygen atoms in total. The molecule has 0 bridgehead atoms. The van der Waals surface area contributed by atoms with Gasteiger partial charge in [0.2, 0.25) is 5.96 Å². The molecule has 0 fully saturated rings. The lowest BCUT2D eigenvalue weighted by molar-refractivity contribution is 0.415. The van der Waals surface area contributed by atoms with Crippen LogP contribution in [0.1, 0.15) is 5.56 Å². The molecule has 0 aliphatic rings. The van der Waals surface area contributed by atoms with Crippen molar-refractivity contribution in [1.29, 1.82) is 0 Å². The molecule has 4 aromatic carbocycles. The number of methoxy groups -OCH3 is 1. The molecule has 0 unspecified atom stereocenters. The number of hydrogen-bond donors (Lipinski definition) is 2. The second-order valence-corrected chi connectivity index (χ2v) is 9.97. The summed E-state index contributed by atoms with van der Waals surface area (Å²) in [5.41, 5.74) is 8.82. The SMILES string of the molecule is COc1ccc(-c2cc(CN=C(N)NS(=O)(=O)c3ccccc3)cc(F)c2-c2ccc(Cl)cc2)cc1. The van der Waals surface area contributed by atoms with Crippen molar-refractivity contribution >= 4 is 27.6 Å². The van der Waals surface area contributed by atoms with Gasteiger partial charge in [0.15, 0.2) is 0 Å². The van der Waals surface area contributed by atoms with Crippen LogP contribution in [0.2, 0.25) is 5.02 Å². The maximum Gasteiger partial charge on any atom is 0.264 e. The number of halogens is 2. The van der Waals surface area contributed by atoms with Gasteiger partial charge in [-0.05, 0) is 70.8 Å². The van der Waals surface area contributed by atoms with E-state index >= 15 is 4.39 Å². The van der Waals surface area contributed by atoms with Gasteiger partial charge >= 0.3 is 0 Å². The van der Waals surface area contributed by atoms with Crippen LogP contribution in [0.3, 0.4) is 0 Å². The number of nitrogens with zero attached hydrogens (tertiary/aromatic N) is 1. The summed E-state index contributed by atoms with van der Waals surface area (Å²) in [7, 11) is -2.31. The topological polar surface area (TPSA) is 93.8 Å². The lowest BCUT2D eigenvalue weighted by atomic mass is 9.92. The minimum atomic E-state index is -3.88. The molecule has 9 heteroatoms. The zero-order chi connectivity index (χ0) is 25.7. The molecule has 184 valence electrons. The fourth-order valence-electron chi connectivity index (χ4n) is 3.67. The predicted octanol–water partition coefficient (Wildman–Crippen LogP) is 5.61. The summed E-state index contributed by atoms with van der Waals surface area (Å²) in [6, 6.07) is 25.1. The average molecular weight is 524 g/mol. The van der Waals surface area contributed by atoms with Crippen molar-refractivity contribution in [3.63, 3.8) is 0 Å². The summed E-state index contributed by atoms with van der Waals surface area (Å²) >= 11 is 6.03. The molecular weight excluding hydrogens is 501 g/mol. The number of aliphatic imine (C=N–C) groups is 1. The van der Waals surface area contributed by atoms with Crippen LogP contribution in [0.4, 0.5) is 4.39 Å². The number of ether oxygens (including phenoxy) is 1. The molecule has 0 amide bonds. The van der Waals surface area contributed by atoms with E-state index in [9.17, 15) is 8.42 Å². The zero-order valence-electron chi connectivity index (χ0n) is 19.3. The van der Waals surface area contributed by atoms with Gasteiger partial charge in [-0.1, -0.05) is 54.1 Å². The van der Waals surface area contributed by atoms with E-state index in [1.807, 2.05) is 12.1 Å². The van der Waals surface area contributed by atoms with Crippen LogP contribution in [-0.4, -0.2) is 21.5 Å². The fraction of sp³-hybridized carbons (Fsp3) is 0.0741. The Bertz CT molecular complexity index is 1490. The van der Waals surface area contributed by atoms with E-state index in [2.05, 4.69) is 9.71 Å². The van der Waals surface area contributed by atoms with Crippen LogP contribution in [-0.2, 0) is 16.6 Å². The van der Waals surface area contributed by atoms with Crippen molar-refractivity contribution < 1.29 is 17.5 Å². The van der Waals surface area contributed by atoms with Crippen molar-refractivity contribution in [2.45, 2.75) is 11.4 Å². The minimum absolute atomic E-state index is 0.0376.